The maximum Gasteiger partial charge on any atom is 0.251 e. The second-order valence-electron chi connectivity index (χ2n) is 6.41. The van der Waals surface area contributed by atoms with Crippen LogP contribution in [-0.4, -0.2) is 24.5 Å². The molecule has 0 fully saturated rings. The molecule has 0 aliphatic rings. The van der Waals surface area contributed by atoms with Crippen molar-refractivity contribution in [3.8, 4) is 5.75 Å². The Kier molecular flexibility index (Phi) is 5.07. The zero-order valence-corrected chi connectivity index (χ0v) is 15.2. The third-order valence-electron chi connectivity index (χ3n) is 4.38. The zero-order chi connectivity index (χ0) is 18.7. The summed E-state index contributed by atoms with van der Waals surface area (Å²) in [6.45, 7) is 4.40. The number of H-pyrrole nitrogens is 1. The van der Waals surface area contributed by atoms with Crippen LogP contribution in [0.1, 0.15) is 27.0 Å². The predicted molar refractivity (Wildman–Crippen MR) is 103 cm³/mol. The van der Waals surface area contributed by atoms with Gasteiger partial charge < -0.3 is 15.0 Å². The summed E-state index contributed by atoms with van der Waals surface area (Å²) in [6, 6.07) is 13.0. The molecule has 5 nitrogen and oxygen atoms in total. The molecule has 0 aliphatic heterocycles. The third-order valence-corrected chi connectivity index (χ3v) is 4.38. The molecule has 0 aliphatic carbocycles. The van der Waals surface area contributed by atoms with Gasteiger partial charge in [0.05, 0.1) is 12.6 Å². The summed E-state index contributed by atoms with van der Waals surface area (Å²) < 4.78 is 5.13. The van der Waals surface area contributed by atoms with E-state index in [1.807, 2.05) is 26.0 Å². The summed E-state index contributed by atoms with van der Waals surface area (Å²) in [5.74, 6) is 0.446. The first-order valence-corrected chi connectivity index (χ1v) is 8.53. The monoisotopic (exact) mass is 350 g/mol. The highest BCUT2D eigenvalue weighted by atomic mass is 16.5. The van der Waals surface area contributed by atoms with E-state index in [2.05, 4.69) is 16.4 Å². The van der Waals surface area contributed by atoms with E-state index in [0.29, 0.717) is 29.8 Å². The highest BCUT2D eigenvalue weighted by Gasteiger charge is 2.09. The summed E-state index contributed by atoms with van der Waals surface area (Å²) >= 11 is 0. The van der Waals surface area contributed by atoms with Gasteiger partial charge in [0.15, 0.2) is 0 Å². The van der Waals surface area contributed by atoms with Gasteiger partial charge in [-0.3, -0.25) is 9.59 Å². The van der Waals surface area contributed by atoms with E-state index in [9.17, 15) is 9.59 Å². The fraction of sp³-hybridized carbons (Fsp3) is 0.238. The van der Waals surface area contributed by atoms with Crippen molar-refractivity contribution in [2.75, 3.05) is 13.7 Å². The average molecular weight is 350 g/mol. The van der Waals surface area contributed by atoms with E-state index in [0.717, 1.165) is 22.0 Å². The van der Waals surface area contributed by atoms with E-state index in [1.54, 1.807) is 31.4 Å². The Morgan fingerprint density at radius 3 is 2.73 bits per heavy atom. The molecule has 134 valence electrons. The third kappa shape index (κ3) is 3.77. The van der Waals surface area contributed by atoms with Gasteiger partial charge in [-0.25, -0.2) is 0 Å². The lowest BCUT2D eigenvalue weighted by Gasteiger charge is -2.09. The SMILES string of the molecule is COc1cccc(C(=O)NCCc2cc3cc(C)cc(C)c3[nH]c2=O)c1. The van der Waals surface area contributed by atoms with Gasteiger partial charge in [0.2, 0.25) is 0 Å². The van der Waals surface area contributed by atoms with Crippen molar-refractivity contribution in [1.29, 1.82) is 0 Å². The minimum absolute atomic E-state index is 0.111. The van der Waals surface area contributed by atoms with Crippen LogP contribution in [0.25, 0.3) is 10.9 Å². The Morgan fingerprint density at radius 1 is 1.15 bits per heavy atom. The largest absolute Gasteiger partial charge is 0.497 e. The quantitative estimate of drug-likeness (QED) is 0.743. The summed E-state index contributed by atoms with van der Waals surface area (Å²) in [5, 5.41) is 3.86. The number of aryl methyl sites for hydroxylation is 2. The number of amides is 1. The van der Waals surface area contributed by atoms with Crippen molar-refractivity contribution in [3.63, 3.8) is 0 Å². The fourth-order valence-corrected chi connectivity index (χ4v) is 3.09. The van der Waals surface area contributed by atoms with Crippen LogP contribution in [0, 0.1) is 13.8 Å². The zero-order valence-electron chi connectivity index (χ0n) is 15.2. The van der Waals surface area contributed by atoms with Crippen molar-refractivity contribution < 1.29 is 9.53 Å². The molecule has 0 saturated carbocycles. The summed E-state index contributed by atoms with van der Waals surface area (Å²) in [7, 11) is 1.56. The number of benzene rings is 2. The molecule has 0 unspecified atom stereocenters. The van der Waals surface area contributed by atoms with Crippen LogP contribution in [-0.2, 0) is 6.42 Å². The molecular formula is C21H22N2O3. The predicted octanol–water partition coefficient (Wildman–Crippen LogP) is 3.13. The Balaban J connectivity index is 1.72. The van der Waals surface area contributed by atoms with Gasteiger partial charge >= 0.3 is 0 Å². The summed E-state index contributed by atoms with van der Waals surface area (Å²) in [4.78, 5) is 27.5. The van der Waals surface area contributed by atoms with Crippen LogP contribution in [0.3, 0.4) is 0 Å². The normalized spacial score (nSPS) is 10.7. The number of nitrogens with one attached hydrogen (secondary N) is 2. The lowest BCUT2D eigenvalue weighted by Crippen LogP contribution is -2.27. The highest BCUT2D eigenvalue weighted by molar-refractivity contribution is 5.94. The second-order valence-corrected chi connectivity index (χ2v) is 6.41. The first-order valence-electron chi connectivity index (χ1n) is 8.53. The molecule has 1 amide bonds. The number of rotatable bonds is 5. The number of carbonyl (C=O) groups excluding carboxylic acids is 1. The highest BCUT2D eigenvalue weighted by Crippen LogP contribution is 2.18. The van der Waals surface area contributed by atoms with E-state index in [4.69, 9.17) is 4.74 Å². The first kappa shape index (κ1) is 17.7. The van der Waals surface area contributed by atoms with Crippen molar-refractivity contribution in [2.45, 2.75) is 20.3 Å². The molecule has 0 bridgehead atoms. The molecule has 2 aromatic carbocycles. The van der Waals surface area contributed by atoms with Gasteiger partial charge in [-0.1, -0.05) is 17.7 Å². The Labute approximate surface area is 152 Å². The molecule has 5 heteroatoms. The van der Waals surface area contributed by atoms with Crippen LogP contribution in [0.2, 0.25) is 0 Å². The number of aromatic amines is 1. The Morgan fingerprint density at radius 2 is 1.96 bits per heavy atom. The number of carbonyl (C=O) groups is 1. The number of ether oxygens (including phenoxy) is 1. The second kappa shape index (κ2) is 7.44. The van der Waals surface area contributed by atoms with Crippen LogP contribution in [0.15, 0.2) is 47.3 Å². The Bertz CT molecular complexity index is 1020. The number of aromatic nitrogens is 1. The summed E-state index contributed by atoms with van der Waals surface area (Å²) in [5.41, 5.74) is 4.15. The van der Waals surface area contributed by atoms with Gasteiger partial charge in [-0.05, 0) is 61.5 Å². The summed E-state index contributed by atoms with van der Waals surface area (Å²) in [6.07, 6.45) is 0.466. The van der Waals surface area contributed by atoms with E-state index in [-0.39, 0.29) is 11.5 Å². The van der Waals surface area contributed by atoms with Crippen LogP contribution in [0.5, 0.6) is 5.75 Å². The lowest BCUT2D eigenvalue weighted by atomic mass is 10.0. The minimum atomic E-state index is -0.187. The van der Waals surface area contributed by atoms with Gasteiger partial charge in [0, 0.05) is 17.7 Å². The molecule has 0 atom stereocenters. The molecule has 0 radical (unpaired) electrons. The average Bonchev–Trinajstić information content (AvgIpc) is 2.62. The smallest absolute Gasteiger partial charge is 0.251 e. The maximum absolute atomic E-state index is 12.3. The molecule has 0 spiro atoms. The molecule has 0 saturated heterocycles. The van der Waals surface area contributed by atoms with Crippen LogP contribution < -0.4 is 15.6 Å². The number of pyridine rings is 1. The number of methoxy groups -OCH3 is 1. The molecule has 26 heavy (non-hydrogen) atoms. The molecule has 3 rings (SSSR count). The molecule has 2 N–H and O–H groups in total. The molecular weight excluding hydrogens is 328 g/mol. The van der Waals surface area contributed by atoms with Crippen molar-refractivity contribution in [2.24, 2.45) is 0 Å². The maximum atomic E-state index is 12.3. The van der Waals surface area contributed by atoms with Crippen molar-refractivity contribution in [1.82, 2.24) is 10.3 Å². The molecule has 3 aromatic rings. The standard InChI is InChI=1S/C21H22N2O3/c1-13-9-14(2)19-17(10-13)11-16(21(25)23-19)7-8-22-20(24)15-5-4-6-18(12-15)26-3/h4-6,9-12H,7-8H2,1-3H3,(H,22,24)(H,23,25). The van der Waals surface area contributed by atoms with Gasteiger partial charge in [0.25, 0.3) is 11.5 Å². The van der Waals surface area contributed by atoms with E-state index < -0.39 is 0 Å². The van der Waals surface area contributed by atoms with E-state index >= 15 is 0 Å². The van der Waals surface area contributed by atoms with Gasteiger partial charge in [-0.15, -0.1) is 0 Å². The van der Waals surface area contributed by atoms with Crippen molar-refractivity contribution in [3.05, 3.63) is 75.1 Å². The van der Waals surface area contributed by atoms with Crippen LogP contribution >= 0.6 is 0 Å². The lowest BCUT2D eigenvalue weighted by molar-refractivity contribution is 0.0953. The van der Waals surface area contributed by atoms with Gasteiger partial charge in [0.1, 0.15) is 5.75 Å². The topological polar surface area (TPSA) is 71.2 Å². The Hall–Kier alpha value is -3.08. The number of fused-ring (bicyclic) bond motifs is 1. The number of hydrogen-bond donors (Lipinski definition) is 2. The first-order chi connectivity index (χ1) is 12.5. The molecule has 1 aromatic heterocycles. The van der Waals surface area contributed by atoms with Crippen LogP contribution in [0.4, 0.5) is 0 Å². The minimum Gasteiger partial charge on any atom is -0.497 e. The number of hydrogen-bond acceptors (Lipinski definition) is 3. The van der Waals surface area contributed by atoms with Crippen molar-refractivity contribution >= 4 is 16.8 Å². The van der Waals surface area contributed by atoms with E-state index in [1.165, 1.54) is 0 Å². The fourth-order valence-electron chi connectivity index (χ4n) is 3.09. The molecule has 1 heterocycles. The van der Waals surface area contributed by atoms with Gasteiger partial charge in [-0.2, -0.15) is 0 Å².